The molecule has 0 bridgehead atoms. The molecule has 1 aliphatic carbocycles. The molecule has 4 unspecified atom stereocenters. The highest BCUT2D eigenvalue weighted by atomic mass is 16.2. The molecule has 0 spiro atoms. The first kappa shape index (κ1) is 15.3. The third-order valence-electron chi connectivity index (χ3n) is 4.72. The molecular weight excluding hydrogens is 254 g/mol. The highest BCUT2D eigenvalue weighted by Crippen LogP contribution is 2.29. The first-order valence-corrected chi connectivity index (χ1v) is 7.83. The number of rotatable bonds is 3. The average Bonchev–Trinajstić information content (AvgIpc) is 2.94. The Morgan fingerprint density at radius 2 is 1.90 bits per heavy atom. The van der Waals surface area contributed by atoms with E-state index in [1.807, 2.05) is 4.90 Å². The summed E-state index contributed by atoms with van der Waals surface area (Å²) in [6, 6.07) is -0.308. The van der Waals surface area contributed by atoms with Crippen LogP contribution in [0.1, 0.15) is 46.0 Å². The SMILES string of the molecule is CC(NC(=O)C1CC(N)CCC1C)C(=O)N1CCCC1. The van der Waals surface area contributed by atoms with E-state index in [1.54, 1.807) is 6.92 Å². The zero-order chi connectivity index (χ0) is 14.7. The molecule has 0 aromatic heterocycles. The summed E-state index contributed by atoms with van der Waals surface area (Å²) in [5, 5.41) is 2.89. The summed E-state index contributed by atoms with van der Waals surface area (Å²) in [7, 11) is 0. The summed E-state index contributed by atoms with van der Waals surface area (Å²) in [6.07, 6.45) is 4.86. The molecule has 2 aliphatic rings. The fourth-order valence-electron chi connectivity index (χ4n) is 3.31. The number of likely N-dealkylation sites (tertiary alicyclic amines) is 1. The molecule has 4 atom stereocenters. The van der Waals surface area contributed by atoms with Gasteiger partial charge in [0, 0.05) is 25.0 Å². The van der Waals surface area contributed by atoms with Crippen molar-refractivity contribution in [2.75, 3.05) is 13.1 Å². The summed E-state index contributed by atoms with van der Waals surface area (Å²) in [5.74, 6) is 0.341. The maximum atomic E-state index is 12.3. The Morgan fingerprint density at radius 3 is 2.55 bits per heavy atom. The minimum atomic E-state index is -0.425. The van der Waals surface area contributed by atoms with Crippen molar-refractivity contribution in [2.24, 2.45) is 17.6 Å². The Balaban J connectivity index is 1.87. The summed E-state index contributed by atoms with van der Waals surface area (Å²) >= 11 is 0. The topological polar surface area (TPSA) is 75.4 Å². The number of nitrogens with zero attached hydrogens (tertiary/aromatic N) is 1. The fourth-order valence-corrected chi connectivity index (χ4v) is 3.31. The Bertz CT molecular complexity index is 366. The number of carbonyl (C=O) groups excluding carboxylic acids is 2. The Morgan fingerprint density at radius 1 is 1.25 bits per heavy atom. The first-order chi connectivity index (χ1) is 9.49. The molecule has 20 heavy (non-hydrogen) atoms. The van der Waals surface area contributed by atoms with E-state index in [4.69, 9.17) is 5.73 Å². The van der Waals surface area contributed by atoms with E-state index in [0.717, 1.165) is 45.2 Å². The fraction of sp³-hybridized carbons (Fsp3) is 0.867. The molecule has 1 aliphatic heterocycles. The van der Waals surface area contributed by atoms with Gasteiger partial charge in [0.2, 0.25) is 11.8 Å². The summed E-state index contributed by atoms with van der Waals surface area (Å²) < 4.78 is 0. The van der Waals surface area contributed by atoms with Crippen LogP contribution in [0.25, 0.3) is 0 Å². The van der Waals surface area contributed by atoms with Crippen LogP contribution in [0.3, 0.4) is 0 Å². The van der Waals surface area contributed by atoms with Crippen LogP contribution in [-0.2, 0) is 9.59 Å². The number of hydrogen-bond donors (Lipinski definition) is 2. The van der Waals surface area contributed by atoms with Gasteiger partial charge in [-0.15, -0.1) is 0 Å². The molecule has 5 heteroatoms. The van der Waals surface area contributed by atoms with Crippen LogP contribution >= 0.6 is 0 Å². The highest BCUT2D eigenvalue weighted by molar-refractivity contribution is 5.88. The van der Waals surface area contributed by atoms with Gasteiger partial charge >= 0.3 is 0 Å². The van der Waals surface area contributed by atoms with Crippen molar-refractivity contribution in [2.45, 2.75) is 58.0 Å². The van der Waals surface area contributed by atoms with Crippen molar-refractivity contribution >= 4 is 11.8 Å². The number of carbonyl (C=O) groups is 2. The van der Waals surface area contributed by atoms with Crippen molar-refractivity contribution in [3.63, 3.8) is 0 Å². The van der Waals surface area contributed by atoms with E-state index in [9.17, 15) is 9.59 Å². The number of amides is 2. The van der Waals surface area contributed by atoms with Gasteiger partial charge in [-0.2, -0.15) is 0 Å². The van der Waals surface area contributed by atoms with Crippen molar-refractivity contribution in [1.29, 1.82) is 0 Å². The Labute approximate surface area is 121 Å². The minimum absolute atomic E-state index is 0.00676. The number of nitrogens with two attached hydrogens (primary N) is 1. The minimum Gasteiger partial charge on any atom is -0.344 e. The molecule has 1 saturated carbocycles. The maximum absolute atomic E-state index is 12.3. The van der Waals surface area contributed by atoms with E-state index in [1.165, 1.54) is 0 Å². The summed E-state index contributed by atoms with van der Waals surface area (Å²) in [5.41, 5.74) is 5.96. The molecule has 1 saturated heterocycles. The van der Waals surface area contributed by atoms with Gasteiger partial charge < -0.3 is 16.0 Å². The van der Waals surface area contributed by atoms with E-state index in [0.29, 0.717) is 5.92 Å². The molecule has 0 radical (unpaired) electrons. The molecule has 2 amide bonds. The quantitative estimate of drug-likeness (QED) is 0.806. The molecule has 2 fully saturated rings. The largest absolute Gasteiger partial charge is 0.344 e. The predicted octanol–water partition coefficient (Wildman–Crippen LogP) is 0.877. The molecule has 0 aromatic rings. The molecular formula is C15H27N3O2. The second-order valence-electron chi connectivity index (χ2n) is 6.42. The van der Waals surface area contributed by atoms with Gasteiger partial charge in [0.15, 0.2) is 0 Å². The molecule has 3 N–H and O–H groups in total. The smallest absolute Gasteiger partial charge is 0.244 e. The van der Waals surface area contributed by atoms with Crippen molar-refractivity contribution in [3.8, 4) is 0 Å². The summed E-state index contributed by atoms with van der Waals surface area (Å²) in [6.45, 7) is 5.53. The zero-order valence-corrected chi connectivity index (χ0v) is 12.6. The van der Waals surface area contributed by atoms with E-state index in [2.05, 4.69) is 12.2 Å². The van der Waals surface area contributed by atoms with Gasteiger partial charge in [0.05, 0.1) is 0 Å². The van der Waals surface area contributed by atoms with E-state index in [-0.39, 0.29) is 23.8 Å². The zero-order valence-electron chi connectivity index (χ0n) is 12.6. The van der Waals surface area contributed by atoms with Crippen molar-refractivity contribution in [1.82, 2.24) is 10.2 Å². The molecule has 114 valence electrons. The van der Waals surface area contributed by atoms with Crippen LogP contribution in [-0.4, -0.2) is 41.9 Å². The molecule has 0 aromatic carbocycles. The third kappa shape index (κ3) is 3.51. The lowest BCUT2D eigenvalue weighted by Crippen LogP contribution is -2.50. The lowest BCUT2D eigenvalue weighted by Gasteiger charge is -2.32. The van der Waals surface area contributed by atoms with Crippen LogP contribution in [0.2, 0.25) is 0 Å². The molecule has 2 rings (SSSR count). The first-order valence-electron chi connectivity index (χ1n) is 7.83. The molecule has 5 nitrogen and oxygen atoms in total. The van der Waals surface area contributed by atoms with Gasteiger partial charge in [-0.05, 0) is 44.9 Å². The Hall–Kier alpha value is -1.10. The monoisotopic (exact) mass is 281 g/mol. The van der Waals surface area contributed by atoms with Crippen molar-refractivity contribution < 1.29 is 9.59 Å². The van der Waals surface area contributed by atoms with Crippen LogP contribution in [0.5, 0.6) is 0 Å². The van der Waals surface area contributed by atoms with Gasteiger partial charge in [-0.1, -0.05) is 6.92 Å². The van der Waals surface area contributed by atoms with Crippen LogP contribution < -0.4 is 11.1 Å². The van der Waals surface area contributed by atoms with E-state index < -0.39 is 6.04 Å². The van der Waals surface area contributed by atoms with Crippen LogP contribution in [0, 0.1) is 11.8 Å². The number of hydrogen-bond acceptors (Lipinski definition) is 3. The predicted molar refractivity (Wildman–Crippen MR) is 77.9 cm³/mol. The highest BCUT2D eigenvalue weighted by Gasteiger charge is 2.33. The maximum Gasteiger partial charge on any atom is 0.244 e. The van der Waals surface area contributed by atoms with Gasteiger partial charge in [0.1, 0.15) is 6.04 Å². The van der Waals surface area contributed by atoms with Crippen LogP contribution in [0.4, 0.5) is 0 Å². The van der Waals surface area contributed by atoms with E-state index >= 15 is 0 Å². The standard InChI is InChI=1S/C15H27N3O2/c1-10-5-6-12(16)9-13(10)14(19)17-11(2)15(20)18-7-3-4-8-18/h10-13H,3-9,16H2,1-2H3,(H,17,19). The lowest BCUT2D eigenvalue weighted by atomic mass is 9.77. The normalized spacial score (nSPS) is 31.9. The van der Waals surface area contributed by atoms with Crippen LogP contribution in [0.15, 0.2) is 0 Å². The Kier molecular flexibility index (Phi) is 5.02. The number of nitrogens with one attached hydrogen (secondary N) is 1. The van der Waals surface area contributed by atoms with Crippen molar-refractivity contribution in [3.05, 3.63) is 0 Å². The average molecular weight is 281 g/mol. The second-order valence-corrected chi connectivity index (χ2v) is 6.42. The summed E-state index contributed by atoms with van der Waals surface area (Å²) in [4.78, 5) is 26.4. The third-order valence-corrected chi connectivity index (χ3v) is 4.72. The van der Waals surface area contributed by atoms with Gasteiger partial charge in [0.25, 0.3) is 0 Å². The van der Waals surface area contributed by atoms with Gasteiger partial charge in [-0.25, -0.2) is 0 Å². The second kappa shape index (κ2) is 6.57. The molecule has 1 heterocycles. The lowest BCUT2D eigenvalue weighted by molar-refractivity contribution is -0.137. The van der Waals surface area contributed by atoms with Gasteiger partial charge in [-0.3, -0.25) is 9.59 Å².